The lowest BCUT2D eigenvalue weighted by atomic mass is 10.0. The number of phenolic OH excluding ortho intramolecular Hbond substituents is 2. The molecule has 0 bridgehead atoms. The van der Waals surface area contributed by atoms with Gasteiger partial charge in [-0.1, -0.05) is 5.16 Å². The van der Waals surface area contributed by atoms with Crippen LogP contribution in [-0.4, -0.2) is 92.5 Å². The van der Waals surface area contributed by atoms with Gasteiger partial charge in [-0.3, -0.25) is 39.1 Å². The third-order valence-electron chi connectivity index (χ3n) is 5.65. The molecule has 0 aliphatic carbocycles. The van der Waals surface area contributed by atoms with E-state index in [1.165, 1.54) is 12.3 Å². The molecule has 4 amide bonds. The number of aromatic hydroxyl groups is 2. The van der Waals surface area contributed by atoms with Gasteiger partial charge in [-0.05, 0) is 32.9 Å². The zero-order chi connectivity index (χ0) is 32.7. The predicted molar refractivity (Wildman–Crippen MR) is 143 cm³/mol. The number of nitrogens with zero attached hydrogens (tertiary/aromatic N) is 3. The molecule has 9 N–H and O–H groups in total. The van der Waals surface area contributed by atoms with Crippen LogP contribution in [0.2, 0.25) is 0 Å². The molecule has 1 saturated heterocycles. The second kappa shape index (κ2) is 11.6. The highest BCUT2D eigenvalue weighted by Gasteiger charge is 2.51. The van der Waals surface area contributed by atoms with Crippen molar-refractivity contribution in [2.75, 3.05) is 5.73 Å². The van der Waals surface area contributed by atoms with Crippen LogP contribution in [0.1, 0.15) is 36.8 Å². The van der Waals surface area contributed by atoms with Gasteiger partial charge in [0.25, 0.3) is 33.7 Å². The molecule has 0 saturated carbocycles. The van der Waals surface area contributed by atoms with Gasteiger partial charge in [0.05, 0.1) is 6.04 Å². The Kier molecular flexibility index (Phi) is 8.88. The number of hydrazine groups is 1. The lowest BCUT2D eigenvalue weighted by Crippen LogP contribution is -2.71. The summed E-state index contributed by atoms with van der Waals surface area (Å²) in [7, 11) is -9.92. The van der Waals surface area contributed by atoms with E-state index in [2.05, 4.69) is 15.5 Å². The standard InChI is InChI=1S/C20H23N7O13S3/c1-7-12(17(32)27(7)43(37,38)39)23-16(31)13(9-6-41-19(21)22-9)26-40-20(2,3)18(33)25-24-15(30)8-4-10(28)14(29)11(5-8)42(34,35)36/h4-7,12,28-29H,1-3H3,(H2,21,22)(H,23,31)(H,24,30)(H,25,33)(H,34,35,36)(H,37,38,39)/b26-13-/t7-,12+/m0/s1. The number of rotatable bonds is 9. The number of amides is 4. The summed E-state index contributed by atoms with van der Waals surface area (Å²) in [4.78, 5) is 58.2. The number of β-lactam (4-membered cyclic amide) rings is 1. The second-order valence-corrected chi connectivity index (χ2v) is 12.7. The van der Waals surface area contributed by atoms with Crippen molar-refractivity contribution in [1.29, 1.82) is 0 Å². The number of thiazole rings is 1. The van der Waals surface area contributed by atoms with Crippen LogP contribution in [0, 0.1) is 0 Å². The van der Waals surface area contributed by atoms with Crippen molar-refractivity contribution in [2.45, 2.75) is 43.4 Å². The van der Waals surface area contributed by atoms with Crippen LogP contribution in [0.25, 0.3) is 0 Å². The number of phenols is 2. The van der Waals surface area contributed by atoms with E-state index in [0.717, 1.165) is 25.2 Å². The first-order valence-corrected chi connectivity index (χ1v) is 15.1. The lowest BCUT2D eigenvalue weighted by molar-refractivity contribution is -0.144. The zero-order valence-electron chi connectivity index (χ0n) is 22.0. The van der Waals surface area contributed by atoms with E-state index in [1.807, 2.05) is 10.9 Å². The smallest absolute Gasteiger partial charge is 0.362 e. The molecule has 2 heterocycles. The number of anilines is 1. The monoisotopic (exact) mass is 665 g/mol. The van der Waals surface area contributed by atoms with Crippen molar-refractivity contribution in [1.82, 2.24) is 25.5 Å². The van der Waals surface area contributed by atoms with Gasteiger partial charge in [0.15, 0.2) is 22.3 Å². The molecular formula is C20H23N7O13S3. The summed E-state index contributed by atoms with van der Waals surface area (Å²) >= 11 is 0.896. The van der Waals surface area contributed by atoms with Crippen molar-refractivity contribution in [2.24, 2.45) is 5.16 Å². The topological polar surface area (TPSA) is 317 Å². The van der Waals surface area contributed by atoms with Gasteiger partial charge >= 0.3 is 10.3 Å². The van der Waals surface area contributed by atoms with Crippen molar-refractivity contribution < 1.29 is 60.2 Å². The SMILES string of the molecule is C[C@H]1[C@@H](NC(=O)/C(=N\OC(C)(C)C(=O)NNC(=O)c2cc(O)c(O)c(S(=O)(=O)O)c2)c2csc(N)n2)C(=O)N1S(=O)(=O)O. The Hall–Kier alpha value is -4.58. The number of nitrogens with one attached hydrogen (secondary N) is 3. The summed E-state index contributed by atoms with van der Waals surface area (Å²) in [5.41, 5.74) is 6.12. The molecule has 1 aromatic heterocycles. The summed E-state index contributed by atoms with van der Waals surface area (Å²) in [5.74, 6) is -6.82. The highest BCUT2D eigenvalue weighted by molar-refractivity contribution is 7.86. The number of nitrogen functional groups attached to an aromatic ring is 1. The Morgan fingerprint density at radius 3 is 2.28 bits per heavy atom. The molecule has 1 aliphatic heterocycles. The van der Waals surface area contributed by atoms with E-state index in [-0.39, 0.29) is 15.1 Å². The molecule has 43 heavy (non-hydrogen) atoms. The van der Waals surface area contributed by atoms with Crippen LogP contribution in [-0.2, 0) is 39.6 Å². The molecule has 234 valence electrons. The van der Waals surface area contributed by atoms with Crippen molar-refractivity contribution in [3.63, 3.8) is 0 Å². The minimum Gasteiger partial charge on any atom is -0.504 e. The highest BCUT2D eigenvalue weighted by Crippen LogP contribution is 2.33. The summed E-state index contributed by atoms with van der Waals surface area (Å²) in [5, 5.41) is 26.5. The zero-order valence-corrected chi connectivity index (χ0v) is 24.4. The van der Waals surface area contributed by atoms with Crippen molar-refractivity contribution >= 4 is 66.2 Å². The second-order valence-electron chi connectivity index (χ2n) is 9.14. The number of carbonyl (C=O) groups excluding carboxylic acids is 4. The number of aromatic nitrogens is 1. The Morgan fingerprint density at radius 2 is 1.77 bits per heavy atom. The van der Waals surface area contributed by atoms with E-state index < -0.39 is 89.4 Å². The Balaban J connectivity index is 1.75. The van der Waals surface area contributed by atoms with Crippen LogP contribution in [0.5, 0.6) is 11.5 Å². The molecule has 23 heteroatoms. The highest BCUT2D eigenvalue weighted by atomic mass is 32.2. The fourth-order valence-corrected chi connectivity index (χ4v) is 5.43. The van der Waals surface area contributed by atoms with Crippen LogP contribution < -0.4 is 21.9 Å². The van der Waals surface area contributed by atoms with Gasteiger partial charge < -0.3 is 26.1 Å². The summed E-state index contributed by atoms with van der Waals surface area (Å²) in [6, 6.07) is -1.39. The number of benzene rings is 1. The third kappa shape index (κ3) is 7.08. The van der Waals surface area contributed by atoms with Gasteiger partial charge in [0.2, 0.25) is 5.60 Å². The molecule has 0 spiro atoms. The maximum Gasteiger partial charge on any atom is 0.362 e. The fourth-order valence-electron chi connectivity index (χ4n) is 3.37. The Bertz CT molecular complexity index is 1750. The normalized spacial score (nSPS) is 17.6. The van der Waals surface area contributed by atoms with E-state index in [9.17, 15) is 46.2 Å². The van der Waals surface area contributed by atoms with E-state index in [0.29, 0.717) is 12.1 Å². The summed E-state index contributed by atoms with van der Waals surface area (Å²) in [6.45, 7) is 3.53. The fraction of sp³-hybridized carbons (Fsp3) is 0.300. The van der Waals surface area contributed by atoms with Gasteiger partial charge in [0.1, 0.15) is 16.6 Å². The largest absolute Gasteiger partial charge is 0.504 e. The number of nitrogens with two attached hydrogens (primary N) is 1. The first kappa shape index (κ1) is 32.9. The molecule has 3 rings (SSSR count). The number of oxime groups is 1. The Morgan fingerprint density at radius 1 is 1.14 bits per heavy atom. The van der Waals surface area contributed by atoms with Gasteiger partial charge in [-0.2, -0.15) is 16.8 Å². The molecule has 20 nitrogen and oxygen atoms in total. The average molecular weight is 666 g/mol. The quantitative estimate of drug-likeness (QED) is 0.0466. The van der Waals surface area contributed by atoms with Crippen LogP contribution in [0.3, 0.4) is 0 Å². The Labute approximate surface area is 246 Å². The van der Waals surface area contributed by atoms with Gasteiger partial charge in [-0.15, -0.1) is 11.3 Å². The average Bonchev–Trinajstić information content (AvgIpc) is 3.31. The molecule has 1 fully saturated rings. The molecule has 0 unspecified atom stereocenters. The van der Waals surface area contributed by atoms with Gasteiger partial charge in [0, 0.05) is 10.9 Å². The first-order valence-electron chi connectivity index (χ1n) is 11.4. The molecular weight excluding hydrogens is 642 g/mol. The lowest BCUT2D eigenvalue weighted by Gasteiger charge is -2.42. The molecule has 1 aliphatic rings. The molecule has 2 atom stereocenters. The van der Waals surface area contributed by atoms with Gasteiger partial charge in [-0.25, -0.2) is 9.29 Å². The maximum absolute atomic E-state index is 13.0. The molecule has 2 aromatic rings. The minimum absolute atomic E-state index is 0.00160. The number of hydrogen-bond donors (Lipinski definition) is 8. The summed E-state index contributed by atoms with van der Waals surface area (Å²) < 4.78 is 63.9. The van der Waals surface area contributed by atoms with E-state index >= 15 is 0 Å². The van der Waals surface area contributed by atoms with Crippen molar-refractivity contribution in [3.8, 4) is 11.5 Å². The van der Waals surface area contributed by atoms with Crippen LogP contribution in [0.15, 0.2) is 27.6 Å². The van der Waals surface area contributed by atoms with E-state index in [1.54, 1.807) is 0 Å². The number of hydrogen-bond acceptors (Lipinski definition) is 15. The molecule has 0 radical (unpaired) electrons. The maximum atomic E-state index is 13.0. The number of carbonyl (C=O) groups is 4. The van der Waals surface area contributed by atoms with Crippen molar-refractivity contribution in [3.05, 3.63) is 28.8 Å². The van der Waals surface area contributed by atoms with Crippen LogP contribution in [0.4, 0.5) is 5.13 Å². The van der Waals surface area contributed by atoms with Crippen LogP contribution >= 0.6 is 11.3 Å². The third-order valence-corrected chi connectivity index (χ3v) is 8.20. The van der Waals surface area contributed by atoms with E-state index in [4.69, 9.17) is 19.7 Å². The summed E-state index contributed by atoms with van der Waals surface area (Å²) in [6.07, 6.45) is 0. The first-order chi connectivity index (χ1) is 19.6. The predicted octanol–water partition coefficient (Wildman–Crippen LogP) is -2.14. The minimum atomic E-state index is -5.05. The molecule has 1 aromatic carbocycles.